The van der Waals surface area contributed by atoms with Gasteiger partial charge < -0.3 is 15.6 Å². The summed E-state index contributed by atoms with van der Waals surface area (Å²) in [5.41, 5.74) is 8.52. The molecule has 2 heterocycles. The number of nitrogen functional groups attached to an aromatic ring is 1. The molecule has 0 saturated carbocycles. The second-order valence-electron chi connectivity index (χ2n) is 4.15. The van der Waals surface area contributed by atoms with Gasteiger partial charge in [-0.1, -0.05) is 0 Å². The van der Waals surface area contributed by atoms with E-state index in [1.54, 1.807) is 24.7 Å². The normalized spacial score (nSPS) is 10.3. The minimum atomic E-state index is -0.180. The van der Waals surface area contributed by atoms with Gasteiger partial charge in [-0.3, -0.25) is 9.78 Å². The third-order valence-electron chi connectivity index (χ3n) is 2.62. The second-order valence-corrected chi connectivity index (χ2v) is 4.15. The van der Waals surface area contributed by atoms with Gasteiger partial charge in [0.2, 0.25) is 0 Å². The van der Waals surface area contributed by atoms with Crippen LogP contribution < -0.4 is 11.1 Å². The summed E-state index contributed by atoms with van der Waals surface area (Å²) in [6.07, 6.45) is 5.11. The van der Waals surface area contributed by atoms with Gasteiger partial charge in [0.05, 0.1) is 17.6 Å². The van der Waals surface area contributed by atoms with Crippen LogP contribution in [0.25, 0.3) is 0 Å². The van der Waals surface area contributed by atoms with E-state index in [0.717, 1.165) is 5.56 Å². The first-order valence-electron chi connectivity index (χ1n) is 5.79. The van der Waals surface area contributed by atoms with Crippen molar-refractivity contribution in [3.8, 4) is 0 Å². The zero-order chi connectivity index (χ0) is 13.1. The van der Waals surface area contributed by atoms with Crippen LogP contribution in [0.15, 0.2) is 30.7 Å². The van der Waals surface area contributed by atoms with E-state index >= 15 is 0 Å². The van der Waals surface area contributed by atoms with Crippen LogP contribution in [0.5, 0.6) is 0 Å². The Bertz CT molecular complexity index is 574. The molecule has 3 N–H and O–H groups in total. The van der Waals surface area contributed by atoms with E-state index in [1.807, 2.05) is 24.5 Å². The quantitative estimate of drug-likeness (QED) is 0.867. The smallest absolute Gasteiger partial charge is 0.272 e. The molecule has 0 spiro atoms. The molecule has 2 aromatic rings. The van der Waals surface area contributed by atoms with Crippen LogP contribution in [0, 0.1) is 6.92 Å². The van der Waals surface area contributed by atoms with Gasteiger partial charge in [-0.05, 0) is 31.5 Å². The highest BCUT2D eigenvalue weighted by molar-refractivity contribution is 6.03. The second kappa shape index (κ2) is 4.91. The molecule has 5 nitrogen and oxygen atoms in total. The lowest BCUT2D eigenvalue weighted by atomic mass is 10.3. The van der Waals surface area contributed by atoms with Crippen molar-refractivity contribution in [1.82, 2.24) is 9.55 Å². The van der Waals surface area contributed by atoms with E-state index < -0.39 is 0 Å². The number of pyridine rings is 1. The molecule has 5 heteroatoms. The van der Waals surface area contributed by atoms with Crippen molar-refractivity contribution in [2.24, 2.45) is 0 Å². The first-order valence-corrected chi connectivity index (χ1v) is 5.79. The molecular weight excluding hydrogens is 228 g/mol. The molecular formula is C13H16N4O. The molecule has 0 aliphatic carbocycles. The highest BCUT2D eigenvalue weighted by Crippen LogP contribution is 2.14. The largest absolute Gasteiger partial charge is 0.397 e. The fourth-order valence-electron chi connectivity index (χ4n) is 1.80. The molecule has 0 unspecified atom stereocenters. The summed E-state index contributed by atoms with van der Waals surface area (Å²) in [6.45, 7) is 4.59. The van der Waals surface area contributed by atoms with Gasteiger partial charge in [0.1, 0.15) is 5.69 Å². The number of carbonyl (C=O) groups excluding carboxylic acids is 1. The van der Waals surface area contributed by atoms with Crippen molar-refractivity contribution < 1.29 is 4.79 Å². The minimum Gasteiger partial charge on any atom is -0.397 e. The highest BCUT2D eigenvalue weighted by atomic mass is 16.1. The summed E-state index contributed by atoms with van der Waals surface area (Å²) >= 11 is 0. The zero-order valence-corrected chi connectivity index (χ0v) is 10.5. The monoisotopic (exact) mass is 244 g/mol. The van der Waals surface area contributed by atoms with Crippen molar-refractivity contribution in [2.75, 3.05) is 11.1 Å². The number of carbonyl (C=O) groups is 1. The number of aromatic nitrogens is 2. The molecule has 2 rings (SSSR count). The lowest BCUT2D eigenvalue weighted by Gasteiger charge is -2.07. The van der Waals surface area contributed by atoms with Gasteiger partial charge in [-0.2, -0.15) is 0 Å². The van der Waals surface area contributed by atoms with Crippen LogP contribution in [0.1, 0.15) is 23.0 Å². The number of amides is 1. The van der Waals surface area contributed by atoms with Crippen LogP contribution in [0.3, 0.4) is 0 Å². The lowest BCUT2D eigenvalue weighted by molar-refractivity contribution is 0.101. The zero-order valence-electron chi connectivity index (χ0n) is 10.5. The van der Waals surface area contributed by atoms with Crippen molar-refractivity contribution in [1.29, 1.82) is 0 Å². The van der Waals surface area contributed by atoms with Gasteiger partial charge in [0.15, 0.2) is 0 Å². The topological polar surface area (TPSA) is 72.9 Å². The van der Waals surface area contributed by atoms with E-state index in [0.29, 0.717) is 23.6 Å². The molecule has 1 amide bonds. The molecule has 0 bridgehead atoms. The Kier molecular flexibility index (Phi) is 3.32. The van der Waals surface area contributed by atoms with Crippen molar-refractivity contribution in [2.45, 2.75) is 20.4 Å². The van der Waals surface area contributed by atoms with Crippen molar-refractivity contribution in [3.05, 3.63) is 42.0 Å². The van der Waals surface area contributed by atoms with Crippen LogP contribution >= 0.6 is 0 Å². The fourth-order valence-corrected chi connectivity index (χ4v) is 1.80. The Morgan fingerprint density at radius 2 is 2.22 bits per heavy atom. The van der Waals surface area contributed by atoms with E-state index in [2.05, 4.69) is 10.3 Å². The Labute approximate surface area is 106 Å². The first kappa shape index (κ1) is 12.2. The molecule has 0 aromatic carbocycles. The summed E-state index contributed by atoms with van der Waals surface area (Å²) in [6, 6.07) is 3.54. The summed E-state index contributed by atoms with van der Waals surface area (Å²) in [5.74, 6) is -0.180. The molecule has 18 heavy (non-hydrogen) atoms. The van der Waals surface area contributed by atoms with Crippen LogP contribution in [0.2, 0.25) is 0 Å². The standard InChI is InChI=1S/C13H16N4O/c1-3-17-8-10(14)5-12(17)13(18)16-11-4-9(2)6-15-7-11/h4-8H,3,14H2,1-2H3,(H,16,18). The van der Waals surface area contributed by atoms with E-state index in [1.165, 1.54) is 0 Å². The number of hydrogen-bond donors (Lipinski definition) is 2. The maximum atomic E-state index is 12.1. The van der Waals surface area contributed by atoms with Crippen LogP contribution in [0.4, 0.5) is 11.4 Å². The summed E-state index contributed by atoms with van der Waals surface area (Å²) in [4.78, 5) is 16.1. The average molecular weight is 244 g/mol. The Balaban J connectivity index is 2.21. The Hall–Kier alpha value is -2.30. The summed E-state index contributed by atoms with van der Waals surface area (Å²) in [7, 11) is 0. The van der Waals surface area contributed by atoms with Crippen LogP contribution in [-0.2, 0) is 6.54 Å². The number of aryl methyl sites for hydroxylation is 2. The molecule has 2 aromatic heterocycles. The van der Waals surface area contributed by atoms with Gasteiger partial charge in [0, 0.05) is 18.9 Å². The molecule has 0 aliphatic heterocycles. The van der Waals surface area contributed by atoms with E-state index in [-0.39, 0.29) is 5.91 Å². The molecule has 0 aliphatic rings. The predicted octanol–water partition coefficient (Wildman–Crippen LogP) is 2.05. The molecule has 0 fully saturated rings. The van der Waals surface area contributed by atoms with Gasteiger partial charge in [0.25, 0.3) is 5.91 Å². The predicted molar refractivity (Wildman–Crippen MR) is 71.4 cm³/mol. The number of hydrogen-bond acceptors (Lipinski definition) is 3. The molecule has 94 valence electrons. The minimum absolute atomic E-state index is 0.180. The average Bonchev–Trinajstić information content (AvgIpc) is 2.70. The summed E-state index contributed by atoms with van der Waals surface area (Å²) < 4.78 is 1.81. The Morgan fingerprint density at radius 3 is 2.89 bits per heavy atom. The van der Waals surface area contributed by atoms with Gasteiger partial charge >= 0.3 is 0 Å². The lowest BCUT2D eigenvalue weighted by Crippen LogP contribution is -2.16. The van der Waals surface area contributed by atoms with E-state index in [4.69, 9.17) is 5.73 Å². The van der Waals surface area contributed by atoms with Gasteiger partial charge in [-0.25, -0.2) is 0 Å². The molecule has 0 atom stereocenters. The third-order valence-corrected chi connectivity index (χ3v) is 2.62. The molecule has 0 saturated heterocycles. The van der Waals surface area contributed by atoms with Crippen molar-refractivity contribution in [3.63, 3.8) is 0 Å². The number of nitrogens with one attached hydrogen (secondary N) is 1. The number of nitrogens with two attached hydrogens (primary N) is 1. The fraction of sp³-hybridized carbons (Fsp3) is 0.231. The van der Waals surface area contributed by atoms with E-state index in [9.17, 15) is 4.79 Å². The number of rotatable bonds is 3. The van der Waals surface area contributed by atoms with Crippen LogP contribution in [-0.4, -0.2) is 15.5 Å². The highest BCUT2D eigenvalue weighted by Gasteiger charge is 2.12. The Morgan fingerprint density at radius 1 is 1.44 bits per heavy atom. The molecule has 0 radical (unpaired) electrons. The van der Waals surface area contributed by atoms with Gasteiger partial charge in [-0.15, -0.1) is 0 Å². The number of anilines is 2. The SMILES string of the molecule is CCn1cc(N)cc1C(=O)Nc1cncc(C)c1. The first-order chi connectivity index (χ1) is 8.60. The maximum Gasteiger partial charge on any atom is 0.272 e. The maximum absolute atomic E-state index is 12.1. The summed E-state index contributed by atoms with van der Waals surface area (Å²) in [5, 5.41) is 2.81. The number of nitrogens with zero attached hydrogens (tertiary/aromatic N) is 2. The van der Waals surface area contributed by atoms with Crippen molar-refractivity contribution >= 4 is 17.3 Å². The third kappa shape index (κ3) is 2.51.